The van der Waals surface area contributed by atoms with Crippen LogP contribution in [0, 0.1) is 0 Å². The largest absolute Gasteiger partial charge is 0.456 e. The smallest absolute Gasteiger partial charge is 0.143 e. The van der Waals surface area contributed by atoms with Crippen LogP contribution in [0.3, 0.4) is 0 Å². The summed E-state index contributed by atoms with van der Waals surface area (Å²) in [5.41, 5.74) is 30.0. The van der Waals surface area contributed by atoms with Gasteiger partial charge in [-0.1, -0.05) is 165 Å². The van der Waals surface area contributed by atoms with Crippen LogP contribution >= 0.6 is 0 Å². The van der Waals surface area contributed by atoms with E-state index in [4.69, 9.17) is 8.83 Å². The zero-order chi connectivity index (χ0) is 50.7. The van der Waals surface area contributed by atoms with Crippen molar-refractivity contribution in [1.29, 1.82) is 0 Å². The van der Waals surface area contributed by atoms with Crippen molar-refractivity contribution >= 4 is 60.9 Å². The summed E-state index contributed by atoms with van der Waals surface area (Å²) < 4.78 is 13.2. The van der Waals surface area contributed by atoms with E-state index in [-0.39, 0.29) is 21.7 Å². The van der Waals surface area contributed by atoms with E-state index < -0.39 is 0 Å². The maximum absolute atomic E-state index is 6.75. The third kappa shape index (κ3) is 5.50. The molecule has 75 heavy (non-hydrogen) atoms. The molecule has 2 heterocycles. The third-order valence-corrected chi connectivity index (χ3v) is 18.6. The highest BCUT2D eigenvalue weighted by molar-refractivity contribution is 6.16. The number of nitrogens with zero attached hydrogens (tertiary/aromatic N) is 1. The van der Waals surface area contributed by atoms with E-state index in [0.717, 1.165) is 39.4 Å². The summed E-state index contributed by atoms with van der Waals surface area (Å²) >= 11 is 0. The number of para-hydroxylation sites is 2. The maximum atomic E-state index is 6.75. The fourth-order valence-corrected chi connectivity index (χ4v) is 14.7. The van der Waals surface area contributed by atoms with Gasteiger partial charge >= 0.3 is 0 Å². The summed E-state index contributed by atoms with van der Waals surface area (Å²) in [4.78, 5) is 2.50. The van der Waals surface area contributed by atoms with Gasteiger partial charge in [-0.15, -0.1) is 0 Å². The number of rotatable bonds is 4. The SMILES string of the molecule is CC1(C)c2cc(N(c3cccc(-c4ccccc4)c3)c3ccc4c(c3)C(C)(C)c3cc5c(cc3-4)C(C)(C)c3ccc4oc6ccccc6c4c3-5)ccc2-c2cc3c(cc21)-c1c(ccc2c1oc1ccccc12)C3(C)C. The Morgan fingerprint density at radius 2 is 0.773 bits per heavy atom. The van der Waals surface area contributed by atoms with Gasteiger partial charge in [0.05, 0.1) is 0 Å². The quantitative estimate of drug-likeness (QED) is 0.176. The zero-order valence-corrected chi connectivity index (χ0v) is 43.7. The molecule has 360 valence electrons. The van der Waals surface area contributed by atoms with Gasteiger partial charge in [-0.05, 0) is 173 Å². The van der Waals surface area contributed by atoms with Gasteiger partial charge in [-0.2, -0.15) is 0 Å². The normalized spacial score (nSPS) is 16.2. The van der Waals surface area contributed by atoms with Crippen molar-refractivity contribution in [3.8, 4) is 55.6 Å². The van der Waals surface area contributed by atoms with Crippen molar-refractivity contribution in [1.82, 2.24) is 0 Å². The van der Waals surface area contributed by atoms with Crippen molar-refractivity contribution in [2.45, 2.75) is 77.0 Å². The van der Waals surface area contributed by atoms with Crippen LogP contribution in [0.15, 0.2) is 197 Å². The minimum atomic E-state index is -0.273. The lowest BCUT2D eigenvalue weighted by Crippen LogP contribution is -2.18. The number of fused-ring (bicyclic) bond motifs is 20. The molecule has 0 amide bonds. The highest BCUT2D eigenvalue weighted by Crippen LogP contribution is 2.61. The van der Waals surface area contributed by atoms with Crippen LogP contribution in [0.5, 0.6) is 0 Å². The van der Waals surface area contributed by atoms with Crippen LogP contribution in [0.1, 0.15) is 99.9 Å². The van der Waals surface area contributed by atoms with Gasteiger partial charge in [0.1, 0.15) is 22.3 Å². The summed E-state index contributed by atoms with van der Waals surface area (Å²) in [7, 11) is 0. The van der Waals surface area contributed by atoms with Crippen molar-refractivity contribution in [2.75, 3.05) is 4.90 Å². The van der Waals surface area contributed by atoms with E-state index in [1.165, 1.54) is 122 Å². The van der Waals surface area contributed by atoms with E-state index >= 15 is 0 Å². The fraction of sp³-hybridized carbons (Fsp3) is 0.167. The molecule has 0 N–H and O–H groups in total. The second kappa shape index (κ2) is 14.3. The molecule has 4 aliphatic rings. The van der Waals surface area contributed by atoms with Crippen molar-refractivity contribution < 1.29 is 8.83 Å². The second-order valence-electron chi connectivity index (χ2n) is 24.0. The van der Waals surface area contributed by atoms with Gasteiger partial charge in [0, 0.05) is 65.8 Å². The van der Waals surface area contributed by atoms with Crippen molar-refractivity contribution in [3.63, 3.8) is 0 Å². The molecule has 0 fully saturated rings. The van der Waals surface area contributed by atoms with Crippen LogP contribution in [0.4, 0.5) is 17.1 Å². The Kier molecular flexibility index (Phi) is 8.18. The number of hydrogen-bond acceptors (Lipinski definition) is 3. The lowest BCUT2D eigenvalue weighted by atomic mass is 9.79. The zero-order valence-electron chi connectivity index (χ0n) is 43.7. The minimum Gasteiger partial charge on any atom is -0.456 e. The molecule has 0 saturated carbocycles. The average Bonchev–Trinajstić information content (AvgIpc) is 4.35. The van der Waals surface area contributed by atoms with Crippen molar-refractivity contribution in [2.24, 2.45) is 0 Å². The first kappa shape index (κ1) is 43.0. The predicted molar refractivity (Wildman–Crippen MR) is 311 cm³/mol. The van der Waals surface area contributed by atoms with Crippen LogP contribution < -0.4 is 4.90 Å². The number of benzene rings is 10. The van der Waals surface area contributed by atoms with Gasteiger partial charge in [0.25, 0.3) is 0 Å². The molecule has 0 unspecified atom stereocenters. The monoisotopic (exact) mass is 965 g/mol. The lowest BCUT2D eigenvalue weighted by molar-refractivity contribution is 0.649. The molecule has 12 aromatic rings. The minimum absolute atomic E-state index is 0.178. The molecule has 0 aliphatic heterocycles. The van der Waals surface area contributed by atoms with Gasteiger partial charge in [0.2, 0.25) is 0 Å². The summed E-state index contributed by atoms with van der Waals surface area (Å²) in [6.07, 6.45) is 0. The highest BCUT2D eigenvalue weighted by Gasteiger charge is 2.45. The molecule has 2 aromatic heterocycles. The first-order valence-corrected chi connectivity index (χ1v) is 26.7. The van der Waals surface area contributed by atoms with Crippen LogP contribution in [-0.4, -0.2) is 0 Å². The molecule has 0 atom stereocenters. The summed E-state index contributed by atoms with van der Waals surface area (Å²) in [6.45, 7) is 19.2. The molecule has 16 rings (SSSR count). The van der Waals surface area contributed by atoms with E-state index in [9.17, 15) is 0 Å². The molecule has 3 nitrogen and oxygen atoms in total. The Morgan fingerprint density at radius 3 is 1.43 bits per heavy atom. The Labute approximate surface area is 437 Å². The lowest BCUT2D eigenvalue weighted by Gasteiger charge is -2.30. The first-order chi connectivity index (χ1) is 36.2. The standard InChI is InChI=1S/C72H55NO2/c1-69(2)54-31-32-64-67(49-22-13-15-24-63(49)74-64)65(54)52-38-58-50(36-60(52)69)45-27-25-43(34-56(45)71(58,5)6)73(42-20-16-19-41(33-42)40-17-10-9-11-18-40)44-26-28-46-51-37-61-53(39-59(51)72(7,8)57(46)35-44)66-55(70(61,3)4)30-29-48-47-21-12-14-23-62(47)75-68(48)66/h9-39H,1-8H3. The van der Waals surface area contributed by atoms with Crippen LogP contribution in [-0.2, 0) is 21.7 Å². The van der Waals surface area contributed by atoms with E-state index in [0.29, 0.717) is 0 Å². The molecular formula is C72H55NO2. The molecule has 10 aromatic carbocycles. The highest BCUT2D eigenvalue weighted by atomic mass is 16.3. The molecule has 0 spiro atoms. The van der Waals surface area contributed by atoms with Gasteiger partial charge in [0.15, 0.2) is 0 Å². The van der Waals surface area contributed by atoms with Gasteiger partial charge in [-0.25, -0.2) is 0 Å². The third-order valence-electron chi connectivity index (χ3n) is 18.6. The van der Waals surface area contributed by atoms with E-state index in [1.54, 1.807) is 0 Å². The Hall–Kier alpha value is -8.40. The molecule has 0 bridgehead atoms. The summed E-state index contributed by atoms with van der Waals surface area (Å²) in [5.74, 6) is 0. The Bertz CT molecular complexity index is 4530. The number of hydrogen-bond donors (Lipinski definition) is 0. The van der Waals surface area contributed by atoms with Crippen LogP contribution in [0.2, 0.25) is 0 Å². The topological polar surface area (TPSA) is 29.5 Å². The Balaban J connectivity index is 0.848. The molecule has 3 heteroatoms. The average molecular weight is 966 g/mol. The van der Waals surface area contributed by atoms with Gasteiger partial charge in [-0.3, -0.25) is 0 Å². The number of furan rings is 2. The Morgan fingerprint density at radius 1 is 0.293 bits per heavy atom. The molecular weight excluding hydrogens is 911 g/mol. The summed E-state index contributed by atoms with van der Waals surface area (Å²) in [5, 5.41) is 4.75. The van der Waals surface area contributed by atoms with Crippen molar-refractivity contribution in [3.05, 3.63) is 233 Å². The molecule has 0 saturated heterocycles. The molecule has 0 radical (unpaired) electrons. The van der Waals surface area contributed by atoms with E-state index in [1.807, 2.05) is 0 Å². The second-order valence-corrected chi connectivity index (χ2v) is 24.0. The maximum Gasteiger partial charge on any atom is 0.143 e. The summed E-state index contributed by atoms with van der Waals surface area (Å²) in [6, 6.07) is 70.6. The van der Waals surface area contributed by atoms with Crippen LogP contribution in [0.25, 0.3) is 99.5 Å². The fourth-order valence-electron chi connectivity index (χ4n) is 14.7. The first-order valence-electron chi connectivity index (χ1n) is 26.7. The predicted octanol–water partition coefficient (Wildman–Crippen LogP) is 19.8. The van der Waals surface area contributed by atoms with E-state index in [2.05, 4.69) is 248 Å². The molecule has 4 aliphatic carbocycles. The van der Waals surface area contributed by atoms with Gasteiger partial charge < -0.3 is 13.7 Å². The number of anilines is 3.